The van der Waals surface area contributed by atoms with Gasteiger partial charge in [0.1, 0.15) is 11.2 Å². The summed E-state index contributed by atoms with van der Waals surface area (Å²) in [6, 6.07) is 7.27. The lowest BCUT2D eigenvalue weighted by molar-refractivity contribution is -0.139. The van der Waals surface area contributed by atoms with Gasteiger partial charge in [-0.2, -0.15) is 0 Å². The van der Waals surface area contributed by atoms with Gasteiger partial charge < -0.3 is 10.1 Å². The molecule has 0 spiro atoms. The standard InChI is InChI=1S/C16H18N4O3S/c1-23-14(21)9-11-4-2-5-12(8-11)20-16-15-13(18-10-19-16)6-3-7-24(15,17)22/h2,4-5,8,10,17H,3,6-7,9H2,1H3,(H,18,19,20). The van der Waals surface area contributed by atoms with Crippen molar-refractivity contribution in [3.63, 3.8) is 0 Å². The summed E-state index contributed by atoms with van der Waals surface area (Å²) in [5.41, 5.74) is 2.17. The van der Waals surface area contributed by atoms with E-state index in [0.29, 0.717) is 40.7 Å². The molecule has 3 rings (SSSR count). The Balaban J connectivity index is 1.93. The second-order valence-electron chi connectivity index (χ2n) is 5.56. The number of carbonyl (C=O) groups excluding carboxylic acids is 1. The Bertz CT molecular complexity index is 881. The molecule has 0 saturated heterocycles. The third-order valence-electron chi connectivity index (χ3n) is 3.82. The van der Waals surface area contributed by atoms with Gasteiger partial charge in [-0.15, -0.1) is 0 Å². The molecule has 0 aliphatic carbocycles. The van der Waals surface area contributed by atoms with Gasteiger partial charge >= 0.3 is 5.97 Å². The number of benzene rings is 1. The fourth-order valence-corrected chi connectivity index (χ4v) is 4.41. The molecular weight excluding hydrogens is 328 g/mol. The number of hydrogen-bond donors (Lipinski definition) is 2. The highest BCUT2D eigenvalue weighted by atomic mass is 32.2. The summed E-state index contributed by atoms with van der Waals surface area (Å²) in [6.45, 7) is 0. The summed E-state index contributed by atoms with van der Waals surface area (Å²) in [5, 5.41) is 3.12. The number of aromatic nitrogens is 2. The Labute approximate surface area is 140 Å². The molecule has 0 amide bonds. The van der Waals surface area contributed by atoms with Gasteiger partial charge in [0.05, 0.1) is 29.0 Å². The first-order valence-electron chi connectivity index (χ1n) is 7.53. The maximum Gasteiger partial charge on any atom is 0.309 e. The molecule has 1 aromatic heterocycles. The van der Waals surface area contributed by atoms with E-state index in [9.17, 15) is 9.00 Å². The Morgan fingerprint density at radius 3 is 3.04 bits per heavy atom. The van der Waals surface area contributed by atoms with Gasteiger partial charge in [-0.25, -0.2) is 19.0 Å². The van der Waals surface area contributed by atoms with Crippen molar-refractivity contribution in [2.75, 3.05) is 18.2 Å². The highest BCUT2D eigenvalue weighted by molar-refractivity contribution is 7.92. The Hall–Kier alpha value is -2.48. The number of fused-ring (bicyclic) bond motifs is 1. The van der Waals surface area contributed by atoms with E-state index < -0.39 is 9.73 Å². The number of anilines is 2. The number of esters is 1. The van der Waals surface area contributed by atoms with Crippen molar-refractivity contribution in [3.8, 4) is 0 Å². The van der Waals surface area contributed by atoms with Crippen molar-refractivity contribution < 1.29 is 13.7 Å². The van der Waals surface area contributed by atoms with E-state index in [-0.39, 0.29) is 12.4 Å². The quantitative estimate of drug-likeness (QED) is 0.823. The molecule has 0 radical (unpaired) electrons. The topological polar surface area (TPSA) is 105 Å². The first kappa shape index (κ1) is 16.4. The van der Waals surface area contributed by atoms with Crippen LogP contribution in [0.5, 0.6) is 0 Å². The molecule has 1 aliphatic rings. The zero-order valence-electron chi connectivity index (χ0n) is 13.2. The van der Waals surface area contributed by atoms with Crippen LogP contribution in [-0.4, -0.2) is 33.0 Å². The summed E-state index contributed by atoms with van der Waals surface area (Å²) in [4.78, 5) is 20.1. The van der Waals surface area contributed by atoms with Gasteiger partial charge in [0, 0.05) is 11.4 Å². The maximum atomic E-state index is 12.6. The Morgan fingerprint density at radius 1 is 1.42 bits per heavy atom. The lowest BCUT2D eigenvalue weighted by atomic mass is 10.1. The van der Waals surface area contributed by atoms with E-state index in [0.717, 1.165) is 5.56 Å². The Kier molecular flexibility index (Phi) is 4.48. The van der Waals surface area contributed by atoms with Crippen LogP contribution in [0.25, 0.3) is 0 Å². The molecule has 8 heteroatoms. The van der Waals surface area contributed by atoms with E-state index in [1.807, 2.05) is 18.2 Å². The zero-order valence-corrected chi connectivity index (χ0v) is 14.1. The lowest BCUT2D eigenvalue weighted by Gasteiger charge is -2.20. The van der Waals surface area contributed by atoms with Gasteiger partial charge in [-0.1, -0.05) is 12.1 Å². The molecule has 0 fully saturated rings. The summed E-state index contributed by atoms with van der Waals surface area (Å²) in [6.07, 6.45) is 2.98. The van der Waals surface area contributed by atoms with Crippen molar-refractivity contribution in [1.82, 2.24) is 9.97 Å². The summed E-state index contributed by atoms with van der Waals surface area (Å²) >= 11 is 0. The number of nitrogens with one attached hydrogen (secondary N) is 2. The molecule has 126 valence electrons. The second kappa shape index (κ2) is 6.56. The number of rotatable bonds is 4. The van der Waals surface area contributed by atoms with Crippen LogP contribution < -0.4 is 5.32 Å². The number of carbonyl (C=O) groups is 1. The van der Waals surface area contributed by atoms with Crippen LogP contribution in [0, 0.1) is 4.78 Å². The normalized spacial score (nSPS) is 19.4. The molecule has 2 heterocycles. The molecule has 7 nitrogen and oxygen atoms in total. The van der Waals surface area contributed by atoms with Crippen LogP contribution in [0.3, 0.4) is 0 Å². The van der Waals surface area contributed by atoms with E-state index in [4.69, 9.17) is 4.78 Å². The highest BCUT2D eigenvalue weighted by Gasteiger charge is 2.26. The number of hydrogen-bond acceptors (Lipinski definition) is 7. The highest BCUT2D eigenvalue weighted by Crippen LogP contribution is 2.31. The third kappa shape index (κ3) is 3.38. The van der Waals surface area contributed by atoms with Gasteiger partial charge in [0.15, 0.2) is 5.82 Å². The molecule has 1 atom stereocenters. The molecule has 0 saturated carbocycles. The van der Waals surface area contributed by atoms with Crippen molar-refractivity contribution in [2.24, 2.45) is 0 Å². The van der Waals surface area contributed by atoms with E-state index in [1.165, 1.54) is 13.4 Å². The molecule has 1 aliphatic heterocycles. The fourth-order valence-electron chi connectivity index (χ4n) is 2.70. The molecule has 2 aromatic rings. The predicted octanol–water partition coefficient (Wildman–Crippen LogP) is 2.29. The minimum Gasteiger partial charge on any atom is -0.469 e. The fraction of sp³-hybridized carbons (Fsp3) is 0.312. The first-order valence-corrected chi connectivity index (χ1v) is 9.25. The van der Waals surface area contributed by atoms with Gasteiger partial charge in [0.25, 0.3) is 0 Å². The number of aryl methyl sites for hydroxylation is 1. The number of ether oxygens (including phenoxy) is 1. The smallest absolute Gasteiger partial charge is 0.309 e. The van der Waals surface area contributed by atoms with Crippen LogP contribution in [0.15, 0.2) is 35.5 Å². The number of nitrogens with zero attached hydrogens (tertiary/aromatic N) is 2. The molecule has 0 bridgehead atoms. The third-order valence-corrected chi connectivity index (χ3v) is 5.77. The van der Waals surface area contributed by atoms with E-state index in [1.54, 1.807) is 6.07 Å². The van der Waals surface area contributed by atoms with Crippen LogP contribution in [0.4, 0.5) is 11.5 Å². The number of methoxy groups -OCH3 is 1. The molecule has 24 heavy (non-hydrogen) atoms. The molecule has 1 unspecified atom stereocenters. The molecule has 1 aromatic carbocycles. The van der Waals surface area contributed by atoms with Crippen LogP contribution in [-0.2, 0) is 32.1 Å². The SMILES string of the molecule is COC(=O)Cc1cccc(Nc2ncnc3c2S(=N)(=O)CCC3)c1. The minimum atomic E-state index is -2.89. The molecular formula is C16H18N4O3S. The molecule has 2 N–H and O–H groups in total. The summed E-state index contributed by atoms with van der Waals surface area (Å²) in [7, 11) is -1.54. The monoisotopic (exact) mass is 346 g/mol. The van der Waals surface area contributed by atoms with Crippen LogP contribution in [0.2, 0.25) is 0 Å². The van der Waals surface area contributed by atoms with Crippen molar-refractivity contribution in [1.29, 1.82) is 4.78 Å². The van der Waals surface area contributed by atoms with Crippen LogP contribution in [0.1, 0.15) is 17.7 Å². The minimum absolute atomic E-state index is 0.170. The maximum absolute atomic E-state index is 12.6. The van der Waals surface area contributed by atoms with E-state index >= 15 is 0 Å². The largest absolute Gasteiger partial charge is 0.469 e. The zero-order chi connectivity index (χ0) is 17.2. The van der Waals surface area contributed by atoms with Crippen LogP contribution >= 0.6 is 0 Å². The first-order chi connectivity index (χ1) is 11.5. The Morgan fingerprint density at radius 2 is 2.25 bits per heavy atom. The average molecular weight is 346 g/mol. The second-order valence-corrected chi connectivity index (χ2v) is 7.73. The summed E-state index contributed by atoms with van der Waals surface area (Å²) < 4.78 is 25.4. The van der Waals surface area contributed by atoms with Crippen molar-refractivity contribution in [2.45, 2.75) is 24.2 Å². The lowest BCUT2D eigenvalue weighted by Crippen LogP contribution is -2.19. The predicted molar refractivity (Wildman–Crippen MR) is 89.8 cm³/mol. The summed E-state index contributed by atoms with van der Waals surface area (Å²) in [5.74, 6) is 0.403. The van der Waals surface area contributed by atoms with Gasteiger partial charge in [0.2, 0.25) is 0 Å². The van der Waals surface area contributed by atoms with Gasteiger partial charge in [-0.05, 0) is 30.5 Å². The van der Waals surface area contributed by atoms with Crippen molar-refractivity contribution >= 4 is 27.2 Å². The van der Waals surface area contributed by atoms with Gasteiger partial charge in [-0.3, -0.25) is 4.79 Å². The van der Waals surface area contributed by atoms with Crippen molar-refractivity contribution in [3.05, 3.63) is 41.9 Å². The van der Waals surface area contributed by atoms with E-state index in [2.05, 4.69) is 20.0 Å². The average Bonchev–Trinajstić information content (AvgIpc) is 2.54.